The van der Waals surface area contributed by atoms with Gasteiger partial charge in [0.15, 0.2) is 5.96 Å². The van der Waals surface area contributed by atoms with Crippen LogP contribution in [0.2, 0.25) is 0 Å². The number of carbonyl (C=O) groups is 1. The third-order valence-electron chi connectivity index (χ3n) is 4.65. The number of hydrogen-bond donors (Lipinski definition) is 3. The van der Waals surface area contributed by atoms with Gasteiger partial charge in [0.05, 0.1) is 12.2 Å². The van der Waals surface area contributed by atoms with Crippen molar-refractivity contribution < 1.29 is 14.6 Å². The van der Waals surface area contributed by atoms with Gasteiger partial charge in [0.2, 0.25) is 5.91 Å². The molecule has 0 aliphatic rings. The number of aliphatic hydroxyl groups is 1. The van der Waals surface area contributed by atoms with E-state index in [0.717, 1.165) is 17.0 Å². The summed E-state index contributed by atoms with van der Waals surface area (Å²) in [6, 6.07) is 13.2. The average molecular weight is 442 g/mol. The predicted molar refractivity (Wildman–Crippen MR) is 127 cm³/mol. The Labute approximate surface area is 190 Å². The fourth-order valence-electron chi connectivity index (χ4n) is 2.94. The van der Waals surface area contributed by atoms with Gasteiger partial charge in [-0.25, -0.2) is 4.99 Å². The number of benzene rings is 1. The van der Waals surface area contributed by atoms with E-state index in [2.05, 4.69) is 20.6 Å². The van der Waals surface area contributed by atoms with Crippen LogP contribution in [0.5, 0.6) is 5.75 Å². The molecule has 8 heteroatoms. The molecule has 8 nitrogen and oxygen atoms in total. The van der Waals surface area contributed by atoms with Crippen molar-refractivity contribution in [3.8, 4) is 5.75 Å². The summed E-state index contributed by atoms with van der Waals surface area (Å²) in [7, 11) is 1.76. The number of aliphatic imine (C=N–C) groups is 1. The van der Waals surface area contributed by atoms with E-state index < -0.39 is 6.10 Å². The topological polar surface area (TPSA) is 99.1 Å². The number of rotatable bonds is 11. The first-order chi connectivity index (χ1) is 15.4. The average Bonchev–Trinajstić information content (AvgIpc) is 2.79. The van der Waals surface area contributed by atoms with Gasteiger partial charge < -0.3 is 25.4 Å². The zero-order valence-corrected chi connectivity index (χ0v) is 19.4. The van der Waals surface area contributed by atoms with E-state index in [9.17, 15) is 9.90 Å². The van der Waals surface area contributed by atoms with Crippen LogP contribution in [-0.4, -0.2) is 66.2 Å². The van der Waals surface area contributed by atoms with E-state index in [4.69, 9.17) is 4.74 Å². The summed E-state index contributed by atoms with van der Waals surface area (Å²) in [6.45, 7) is 7.35. The van der Waals surface area contributed by atoms with Gasteiger partial charge in [0, 0.05) is 45.0 Å². The number of carbonyl (C=O) groups excluding carboxylic acids is 1. The highest BCUT2D eigenvalue weighted by Crippen LogP contribution is 2.19. The molecule has 2 rings (SSSR count). The normalized spacial score (nSPS) is 12.4. The van der Waals surface area contributed by atoms with Crippen LogP contribution in [0.25, 0.3) is 0 Å². The lowest BCUT2D eigenvalue weighted by Gasteiger charge is -2.18. The summed E-state index contributed by atoms with van der Waals surface area (Å²) >= 11 is 0. The van der Waals surface area contributed by atoms with Crippen LogP contribution in [0, 0.1) is 0 Å². The molecule has 0 aliphatic heterocycles. The minimum Gasteiger partial charge on any atom is -0.491 e. The summed E-state index contributed by atoms with van der Waals surface area (Å²) in [5.74, 6) is 1.11. The second kappa shape index (κ2) is 13.3. The highest BCUT2D eigenvalue weighted by Gasteiger charge is 2.12. The van der Waals surface area contributed by atoms with Crippen LogP contribution >= 0.6 is 0 Å². The van der Waals surface area contributed by atoms with Gasteiger partial charge in [-0.1, -0.05) is 18.2 Å². The smallest absolute Gasteiger partial charge is 0.244 e. The maximum Gasteiger partial charge on any atom is 0.244 e. The number of amides is 1. The molecule has 0 spiro atoms. The van der Waals surface area contributed by atoms with Gasteiger partial charge in [-0.15, -0.1) is 0 Å². The van der Waals surface area contributed by atoms with Crippen LogP contribution in [-0.2, 0) is 11.2 Å². The Kier molecular flexibility index (Phi) is 10.5. The van der Waals surface area contributed by atoms with Crippen LogP contribution in [0.4, 0.5) is 0 Å². The van der Waals surface area contributed by atoms with Gasteiger partial charge in [-0.2, -0.15) is 0 Å². The molecule has 0 saturated carbocycles. The molecular formula is C24H35N5O3. The molecule has 1 unspecified atom stereocenters. The third-order valence-corrected chi connectivity index (χ3v) is 4.65. The summed E-state index contributed by atoms with van der Waals surface area (Å²) < 4.78 is 5.69. The Balaban J connectivity index is 1.86. The van der Waals surface area contributed by atoms with E-state index in [1.54, 1.807) is 18.1 Å². The monoisotopic (exact) mass is 441 g/mol. The third kappa shape index (κ3) is 8.93. The van der Waals surface area contributed by atoms with Crippen molar-refractivity contribution in [2.75, 3.05) is 33.2 Å². The number of nitrogens with one attached hydrogen (secondary N) is 2. The minimum absolute atomic E-state index is 0.0157. The summed E-state index contributed by atoms with van der Waals surface area (Å²) in [5.41, 5.74) is 1.69. The van der Waals surface area contributed by atoms with Crippen LogP contribution in [0.3, 0.4) is 0 Å². The molecule has 0 fully saturated rings. The highest BCUT2D eigenvalue weighted by molar-refractivity contribution is 5.84. The lowest BCUT2D eigenvalue weighted by molar-refractivity contribution is -0.128. The summed E-state index contributed by atoms with van der Waals surface area (Å²) in [5, 5.41) is 16.8. The molecule has 1 atom stereocenters. The zero-order chi connectivity index (χ0) is 23.3. The molecule has 32 heavy (non-hydrogen) atoms. The van der Waals surface area contributed by atoms with Crippen molar-refractivity contribution in [3.63, 3.8) is 0 Å². The molecule has 3 N–H and O–H groups in total. The second-order valence-corrected chi connectivity index (χ2v) is 7.72. The van der Waals surface area contributed by atoms with Crippen molar-refractivity contribution in [2.45, 2.75) is 39.4 Å². The molecule has 1 amide bonds. The summed E-state index contributed by atoms with van der Waals surface area (Å²) in [6.07, 6.45) is 1.76. The SMILES string of the molecule is CCNC(=NCC(=O)N(C)CCc1ccccn1)NCC(O)c1cccc(OC(C)C)c1. The van der Waals surface area contributed by atoms with Crippen molar-refractivity contribution >= 4 is 11.9 Å². The fourth-order valence-corrected chi connectivity index (χ4v) is 2.94. The number of likely N-dealkylation sites (N-methyl/N-ethyl adjacent to an activating group) is 1. The van der Waals surface area contributed by atoms with Gasteiger partial charge >= 0.3 is 0 Å². The molecule has 1 heterocycles. The maximum atomic E-state index is 12.4. The van der Waals surface area contributed by atoms with Crippen molar-refractivity contribution in [1.82, 2.24) is 20.5 Å². The minimum atomic E-state index is -0.744. The van der Waals surface area contributed by atoms with Gasteiger partial charge in [0.1, 0.15) is 12.3 Å². The molecular weight excluding hydrogens is 406 g/mol. The number of aromatic nitrogens is 1. The van der Waals surface area contributed by atoms with E-state index >= 15 is 0 Å². The van der Waals surface area contributed by atoms with Crippen LogP contribution < -0.4 is 15.4 Å². The largest absolute Gasteiger partial charge is 0.491 e. The fraction of sp³-hybridized carbons (Fsp3) is 0.458. The first-order valence-electron chi connectivity index (χ1n) is 11.0. The van der Waals surface area contributed by atoms with Crippen molar-refractivity contribution in [3.05, 3.63) is 59.9 Å². The quantitative estimate of drug-likeness (QED) is 0.365. The Morgan fingerprint density at radius 1 is 1.22 bits per heavy atom. The van der Waals surface area contributed by atoms with E-state index in [-0.39, 0.29) is 25.1 Å². The van der Waals surface area contributed by atoms with Crippen molar-refractivity contribution in [1.29, 1.82) is 0 Å². The van der Waals surface area contributed by atoms with Crippen LogP contribution in [0.1, 0.15) is 38.1 Å². The van der Waals surface area contributed by atoms with Gasteiger partial charge in [0.25, 0.3) is 0 Å². The van der Waals surface area contributed by atoms with E-state index in [0.29, 0.717) is 25.5 Å². The molecule has 0 aliphatic carbocycles. The Hall–Kier alpha value is -3.13. The number of ether oxygens (including phenoxy) is 1. The molecule has 1 aromatic heterocycles. The lowest BCUT2D eigenvalue weighted by atomic mass is 10.1. The molecule has 0 bridgehead atoms. The van der Waals surface area contributed by atoms with Gasteiger partial charge in [-0.3, -0.25) is 9.78 Å². The Morgan fingerprint density at radius 3 is 2.72 bits per heavy atom. The second-order valence-electron chi connectivity index (χ2n) is 7.72. The Morgan fingerprint density at radius 2 is 2.03 bits per heavy atom. The summed E-state index contributed by atoms with van der Waals surface area (Å²) in [4.78, 5) is 22.7. The number of aliphatic hydroxyl groups excluding tert-OH is 1. The molecule has 174 valence electrons. The van der Waals surface area contributed by atoms with Crippen molar-refractivity contribution in [2.24, 2.45) is 4.99 Å². The standard InChI is InChI=1S/C24H35N5O3/c1-5-25-24(27-16-22(30)19-9-8-11-21(15-19)32-18(2)3)28-17-23(31)29(4)14-12-20-10-6-7-13-26-20/h6-11,13,15,18,22,30H,5,12,14,16-17H2,1-4H3,(H2,25,27,28). The predicted octanol–water partition coefficient (Wildman–Crippen LogP) is 2.16. The number of hydrogen-bond acceptors (Lipinski definition) is 5. The number of pyridine rings is 1. The highest BCUT2D eigenvalue weighted by atomic mass is 16.5. The van der Waals surface area contributed by atoms with Gasteiger partial charge in [-0.05, 0) is 50.6 Å². The first-order valence-corrected chi connectivity index (χ1v) is 11.0. The number of guanidine groups is 1. The maximum absolute atomic E-state index is 12.4. The van der Waals surface area contributed by atoms with E-state index in [1.165, 1.54) is 0 Å². The zero-order valence-electron chi connectivity index (χ0n) is 19.4. The first kappa shape index (κ1) is 25.1. The molecule has 0 saturated heterocycles. The molecule has 2 aromatic rings. The number of nitrogens with zero attached hydrogens (tertiary/aromatic N) is 3. The Bertz CT molecular complexity index is 858. The van der Waals surface area contributed by atoms with Crippen LogP contribution in [0.15, 0.2) is 53.7 Å². The lowest BCUT2D eigenvalue weighted by Crippen LogP contribution is -2.40. The molecule has 0 radical (unpaired) electrons. The van der Waals surface area contributed by atoms with E-state index in [1.807, 2.05) is 63.2 Å². The molecule has 1 aromatic carbocycles.